The van der Waals surface area contributed by atoms with E-state index in [1.807, 2.05) is 26.0 Å². The Labute approximate surface area is 191 Å². The highest BCUT2D eigenvalue weighted by Gasteiger charge is 2.19. The summed E-state index contributed by atoms with van der Waals surface area (Å²) in [6.07, 6.45) is 3.02. The number of ether oxygens (including phenoxy) is 2. The van der Waals surface area contributed by atoms with E-state index in [9.17, 15) is 13.2 Å². The van der Waals surface area contributed by atoms with Crippen molar-refractivity contribution in [2.24, 2.45) is 5.92 Å². The summed E-state index contributed by atoms with van der Waals surface area (Å²) in [6, 6.07) is 12.2. The molecule has 0 unspecified atom stereocenters. The maximum absolute atomic E-state index is 13.2. The van der Waals surface area contributed by atoms with Crippen LogP contribution in [0, 0.1) is 5.92 Å². The van der Waals surface area contributed by atoms with Crippen molar-refractivity contribution >= 4 is 16.0 Å². The Kier molecular flexibility index (Phi) is 9.38. The van der Waals surface area contributed by atoms with Gasteiger partial charge in [-0.2, -0.15) is 8.42 Å². The van der Waals surface area contributed by atoms with Gasteiger partial charge in [-0.25, -0.2) is 0 Å². The summed E-state index contributed by atoms with van der Waals surface area (Å²) in [7, 11) is -2.28. The maximum atomic E-state index is 13.2. The molecule has 0 aliphatic heterocycles. The molecular weight excluding hydrogens is 430 g/mol. The summed E-state index contributed by atoms with van der Waals surface area (Å²) < 4.78 is 39.1. The Balaban J connectivity index is 2.23. The van der Waals surface area contributed by atoms with Gasteiger partial charge in [0.1, 0.15) is 5.75 Å². The molecule has 0 heterocycles. The molecule has 0 bridgehead atoms. The van der Waals surface area contributed by atoms with Gasteiger partial charge in [-0.15, -0.1) is 0 Å². The van der Waals surface area contributed by atoms with Crippen molar-refractivity contribution < 1.29 is 26.9 Å². The normalized spacial score (nSPS) is 11.3. The van der Waals surface area contributed by atoms with Crippen LogP contribution in [0.4, 0.5) is 0 Å². The summed E-state index contributed by atoms with van der Waals surface area (Å²) in [4.78, 5) is 15.0. The maximum Gasteiger partial charge on any atom is 0.306 e. The predicted octanol–water partition coefficient (Wildman–Crippen LogP) is 4.51. The molecule has 2 rings (SSSR count). The van der Waals surface area contributed by atoms with Gasteiger partial charge in [0.2, 0.25) is 0 Å². The minimum Gasteiger partial charge on any atom is -0.494 e. The van der Waals surface area contributed by atoms with Gasteiger partial charge in [0.15, 0.2) is 11.5 Å². The molecule has 1 amide bonds. The number of hydrogen-bond donors (Lipinski definition) is 0. The Morgan fingerprint density at radius 3 is 2.31 bits per heavy atom. The molecule has 2 aromatic carbocycles. The highest BCUT2D eigenvalue weighted by Crippen LogP contribution is 2.30. The Morgan fingerprint density at radius 1 is 1.06 bits per heavy atom. The summed E-state index contributed by atoms with van der Waals surface area (Å²) >= 11 is 0. The summed E-state index contributed by atoms with van der Waals surface area (Å²) in [5.74, 6) is 1.28. The van der Waals surface area contributed by atoms with Crippen LogP contribution in [-0.2, 0) is 16.7 Å². The van der Waals surface area contributed by atoms with Gasteiger partial charge < -0.3 is 18.6 Å². The molecule has 8 heteroatoms. The Bertz CT molecular complexity index is 986. The first-order valence-corrected chi connectivity index (χ1v) is 12.5. The Morgan fingerprint density at radius 2 is 1.75 bits per heavy atom. The third kappa shape index (κ3) is 8.07. The molecule has 0 fully saturated rings. The molecule has 0 saturated carbocycles. The van der Waals surface area contributed by atoms with E-state index in [2.05, 4.69) is 6.92 Å². The van der Waals surface area contributed by atoms with E-state index < -0.39 is 10.1 Å². The van der Waals surface area contributed by atoms with E-state index >= 15 is 0 Å². The van der Waals surface area contributed by atoms with E-state index in [0.29, 0.717) is 31.0 Å². The lowest BCUT2D eigenvalue weighted by atomic mass is 10.1. The molecule has 0 N–H and O–H groups in total. The number of unbranched alkanes of at least 4 members (excludes halogenated alkanes) is 1. The fraction of sp³-hybridized carbons (Fsp3) is 0.458. The van der Waals surface area contributed by atoms with Crippen LogP contribution < -0.4 is 13.7 Å². The van der Waals surface area contributed by atoms with Gasteiger partial charge in [-0.3, -0.25) is 4.79 Å². The molecule has 0 aromatic heterocycles. The topological polar surface area (TPSA) is 82.1 Å². The van der Waals surface area contributed by atoms with E-state index in [1.165, 1.54) is 7.11 Å². The third-order valence-electron chi connectivity index (χ3n) is 4.58. The smallest absolute Gasteiger partial charge is 0.306 e. The highest BCUT2D eigenvalue weighted by molar-refractivity contribution is 7.86. The summed E-state index contributed by atoms with van der Waals surface area (Å²) in [5.41, 5.74) is 1.30. The number of nitrogens with zero attached hydrogens (tertiary/aromatic N) is 1. The van der Waals surface area contributed by atoms with Crippen molar-refractivity contribution in [1.29, 1.82) is 0 Å². The van der Waals surface area contributed by atoms with Crippen molar-refractivity contribution in [3.63, 3.8) is 0 Å². The van der Waals surface area contributed by atoms with Crippen LogP contribution in [0.25, 0.3) is 0 Å². The van der Waals surface area contributed by atoms with Crippen LogP contribution in [0.5, 0.6) is 17.2 Å². The number of benzene rings is 2. The lowest BCUT2D eigenvalue weighted by Crippen LogP contribution is -2.33. The summed E-state index contributed by atoms with van der Waals surface area (Å²) in [5, 5.41) is 0. The minimum atomic E-state index is -3.72. The molecular formula is C24H33NO6S. The van der Waals surface area contributed by atoms with Gasteiger partial charge in [0.25, 0.3) is 5.91 Å². The molecule has 0 spiro atoms. The molecule has 0 radical (unpaired) electrons. The van der Waals surface area contributed by atoms with Crippen molar-refractivity contribution in [3.8, 4) is 17.2 Å². The number of methoxy groups -OCH3 is 1. The van der Waals surface area contributed by atoms with Gasteiger partial charge in [0.05, 0.1) is 20.0 Å². The molecule has 0 aliphatic rings. The van der Waals surface area contributed by atoms with Crippen LogP contribution in [0.15, 0.2) is 42.5 Å². The fourth-order valence-electron chi connectivity index (χ4n) is 3.14. The minimum absolute atomic E-state index is 0.0954. The lowest BCUT2D eigenvalue weighted by molar-refractivity contribution is 0.0722. The second-order valence-electron chi connectivity index (χ2n) is 8.08. The van der Waals surface area contributed by atoms with E-state index in [-0.39, 0.29) is 17.6 Å². The number of carbonyl (C=O) groups is 1. The fourth-order valence-corrected chi connectivity index (χ4v) is 3.60. The van der Waals surface area contributed by atoms with Gasteiger partial charge in [-0.05, 0) is 54.3 Å². The predicted molar refractivity (Wildman–Crippen MR) is 125 cm³/mol. The first-order valence-electron chi connectivity index (χ1n) is 10.7. The number of hydrogen-bond acceptors (Lipinski definition) is 6. The molecule has 176 valence electrons. The SMILES string of the molecule is CCCCOc1ccc(C(=O)N(Cc2ccc(OC)c(OS(C)(=O)=O)c2)CC(C)C)cc1. The number of rotatable bonds is 12. The Hall–Kier alpha value is -2.74. The number of amides is 1. The summed E-state index contributed by atoms with van der Waals surface area (Å²) in [6.45, 7) is 7.68. The molecule has 7 nitrogen and oxygen atoms in total. The first-order chi connectivity index (χ1) is 15.1. The van der Waals surface area contributed by atoms with Crippen LogP contribution in [0.1, 0.15) is 49.5 Å². The number of carbonyl (C=O) groups excluding carboxylic acids is 1. The monoisotopic (exact) mass is 463 g/mol. The van der Waals surface area contributed by atoms with E-state index in [1.54, 1.807) is 35.2 Å². The van der Waals surface area contributed by atoms with Gasteiger partial charge in [-0.1, -0.05) is 33.3 Å². The zero-order valence-electron chi connectivity index (χ0n) is 19.5. The molecule has 2 aromatic rings. The molecule has 0 saturated heterocycles. The lowest BCUT2D eigenvalue weighted by Gasteiger charge is -2.25. The van der Waals surface area contributed by atoms with Crippen LogP contribution in [-0.4, -0.2) is 45.7 Å². The average molecular weight is 464 g/mol. The van der Waals surface area contributed by atoms with Crippen molar-refractivity contribution in [2.75, 3.05) is 26.5 Å². The van der Waals surface area contributed by atoms with Crippen LogP contribution in [0.2, 0.25) is 0 Å². The average Bonchev–Trinajstić information content (AvgIpc) is 2.72. The second kappa shape index (κ2) is 11.8. The highest BCUT2D eigenvalue weighted by atomic mass is 32.2. The first kappa shape index (κ1) is 25.5. The zero-order valence-corrected chi connectivity index (χ0v) is 20.3. The quantitative estimate of drug-likeness (QED) is 0.340. The zero-order chi connectivity index (χ0) is 23.7. The van der Waals surface area contributed by atoms with Crippen LogP contribution in [0.3, 0.4) is 0 Å². The van der Waals surface area contributed by atoms with Crippen molar-refractivity contribution in [3.05, 3.63) is 53.6 Å². The van der Waals surface area contributed by atoms with Gasteiger partial charge >= 0.3 is 10.1 Å². The van der Waals surface area contributed by atoms with Crippen molar-refractivity contribution in [1.82, 2.24) is 4.90 Å². The molecule has 32 heavy (non-hydrogen) atoms. The molecule has 0 aliphatic carbocycles. The largest absolute Gasteiger partial charge is 0.494 e. The van der Waals surface area contributed by atoms with E-state index in [0.717, 1.165) is 30.4 Å². The van der Waals surface area contributed by atoms with Crippen LogP contribution >= 0.6 is 0 Å². The van der Waals surface area contributed by atoms with Gasteiger partial charge in [0, 0.05) is 18.7 Å². The van der Waals surface area contributed by atoms with E-state index in [4.69, 9.17) is 13.7 Å². The van der Waals surface area contributed by atoms with Crippen molar-refractivity contribution in [2.45, 2.75) is 40.2 Å². The molecule has 0 atom stereocenters. The second-order valence-corrected chi connectivity index (χ2v) is 9.65. The third-order valence-corrected chi connectivity index (χ3v) is 5.07. The standard InChI is InChI=1S/C24H33NO6S/c1-6-7-14-30-21-11-9-20(10-12-21)24(26)25(16-18(2)3)17-19-8-13-22(29-4)23(15-19)31-32(5,27)28/h8-13,15,18H,6-7,14,16-17H2,1-5H3.